The van der Waals surface area contributed by atoms with Gasteiger partial charge in [0.1, 0.15) is 0 Å². The van der Waals surface area contributed by atoms with Crippen molar-refractivity contribution in [2.75, 3.05) is 0 Å². The second-order valence-corrected chi connectivity index (χ2v) is 3.59. The molecule has 0 spiro atoms. The molecule has 2 aromatic rings. The van der Waals surface area contributed by atoms with Gasteiger partial charge in [0.25, 0.3) is 5.69 Å². The van der Waals surface area contributed by atoms with Crippen LogP contribution in [0.4, 0.5) is 5.69 Å². The van der Waals surface area contributed by atoms with Crippen LogP contribution in [0.5, 0.6) is 0 Å². The Labute approximate surface area is 118 Å². The van der Waals surface area contributed by atoms with Crippen LogP contribution < -0.4 is 0 Å². The fraction of sp³-hybridized carbons (Fsp3) is 0. The highest BCUT2D eigenvalue weighted by Gasteiger charge is 2.26. The van der Waals surface area contributed by atoms with Crippen LogP contribution in [0.15, 0.2) is 48.8 Å². The number of benzene rings is 1. The molecule has 2 N–H and O–H groups in total. The van der Waals surface area contributed by atoms with Crippen molar-refractivity contribution in [1.29, 1.82) is 0 Å². The summed E-state index contributed by atoms with van der Waals surface area (Å²) >= 11 is 0. The molecule has 0 aliphatic carbocycles. The number of nitro groups is 1. The van der Waals surface area contributed by atoms with Crippen molar-refractivity contribution in [3.05, 3.63) is 70.0 Å². The largest absolute Gasteiger partial charge is 0.478 e. The standard InChI is InChI=1S/C8H5NO6.C5H5N/c10-7(11)4-2-1-3-5(9(14)15)6(4)8(12)13;1-2-4-6-5-3-1/h1-3H,(H,10,11)(H,12,13);1-5H. The number of carbonyl (C=O) groups is 2. The number of hydrogen-bond donors (Lipinski definition) is 2. The van der Waals surface area contributed by atoms with Gasteiger partial charge in [-0.05, 0) is 18.2 Å². The number of carboxylic acid groups (broad SMARTS) is 2. The summed E-state index contributed by atoms with van der Waals surface area (Å²) in [4.78, 5) is 34.6. The molecule has 21 heavy (non-hydrogen) atoms. The molecule has 108 valence electrons. The number of nitrogens with zero attached hydrogens (tertiary/aromatic N) is 2. The number of aromatic nitrogens is 1. The van der Waals surface area contributed by atoms with Crippen LogP contribution in [0, 0.1) is 10.1 Å². The summed E-state index contributed by atoms with van der Waals surface area (Å²) in [5.41, 5.74) is -2.14. The third-order valence-corrected chi connectivity index (χ3v) is 2.25. The van der Waals surface area contributed by atoms with E-state index in [2.05, 4.69) is 4.98 Å². The van der Waals surface area contributed by atoms with Crippen LogP contribution in [0.25, 0.3) is 0 Å². The van der Waals surface area contributed by atoms with Crippen molar-refractivity contribution in [2.45, 2.75) is 0 Å². The Hall–Kier alpha value is -3.29. The molecule has 2 rings (SSSR count). The third kappa shape index (κ3) is 4.39. The highest BCUT2D eigenvalue weighted by atomic mass is 16.6. The van der Waals surface area contributed by atoms with E-state index in [9.17, 15) is 19.7 Å². The first-order valence-electron chi connectivity index (χ1n) is 5.54. The first kappa shape index (κ1) is 15.8. The first-order chi connectivity index (χ1) is 9.95. The van der Waals surface area contributed by atoms with Crippen molar-refractivity contribution in [1.82, 2.24) is 4.98 Å². The predicted molar refractivity (Wildman–Crippen MR) is 71.3 cm³/mol. The zero-order valence-electron chi connectivity index (χ0n) is 10.5. The molecule has 0 saturated carbocycles. The molecule has 0 radical (unpaired) electrons. The van der Waals surface area contributed by atoms with Gasteiger partial charge in [0, 0.05) is 18.5 Å². The molecule has 1 aromatic heterocycles. The average Bonchev–Trinajstić information content (AvgIpc) is 2.48. The van der Waals surface area contributed by atoms with E-state index in [1.165, 1.54) is 0 Å². The fourth-order valence-electron chi connectivity index (χ4n) is 1.41. The second kappa shape index (κ2) is 7.34. The molecule has 0 fully saturated rings. The lowest BCUT2D eigenvalue weighted by atomic mass is 10.1. The molecule has 0 saturated heterocycles. The Morgan fingerprint density at radius 1 is 1.00 bits per heavy atom. The van der Waals surface area contributed by atoms with Crippen molar-refractivity contribution in [3.63, 3.8) is 0 Å². The Bertz CT molecular complexity index is 598. The van der Waals surface area contributed by atoms with Crippen molar-refractivity contribution in [2.24, 2.45) is 0 Å². The fourth-order valence-corrected chi connectivity index (χ4v) is 1.41. The molecule has 0 atom stereocenters. The Morgan fingerprint density at radius 3 is 1.95 bits per heavy atom. The van der Waals surface area contributed by atoms with Crippen LogP contribution in [0.2, 0.25) is 0 Å². The molecule has 1 aromatic carbocycles. The number of nitro benzene ring substituents is 1. The smallest absolute Gasteiger partial charge is 0.343 e. The van der Waals surface area contributed by atoms with E-state index >= 15 is 0 Å². The summed E-state index contributed by atoms with van der Waals surface area (Å²) in [5.74, 6) is -3.16. The minimum absolute atomic E-state index is 0.600. The zero-order valence-corrected chi connectivity index (χ0v) is 10.5. The number of hydrogen-bond acceptors (Lipinski definition) is 5. The highest BCUT2D eigenvalue weighted by molar-refractivity contribution is 6.04. The maximum absolute atomic E-state index is 10.7. The molecule has 0 aliphatic rings. The van der Waals surface area contributed by atoms with E-state index in [4.69, 9.17) is 10.2 Å². The maximum atomic E-state index is 10.7. The number of pyridine rings is 1. The van der Waals surface area contributed by atoms with Gasteiger partial charge in [0.05, 0.1) is 10.5 Å². The van der Waals surface area contributed by atoms with Gasteiger partial charge < -0.3 is 10.2 Å². The van der Waals surface area contributed by atoms with Gasteiger partial charge in [-0.3, -0.25) is 15.1 Å². The first-order valence-corrected chi connectivity index (χ1v) is 5.54. The monoisotopic (exact) mass is 290 g/mol. The van der Waals surface area contributed by atoms with Crippen LogP contribution in [0.3, 0.4) is 0 Å². The predicted octanol–water partition coefficient (Wildman–Crippen LogP) is 2.07. The average molecular weight is 290 g/mol. The van der Waals surface area contributed by atoms with Gasteiger partial charge in [-0.1, -0.05) is 12.1 Å². The molecular weight excluding hydrogens is 280 g/mol. The molecule has 8 heteroatoms. The lowest BCUT2D eigenvalue weighted by Crippen LogP contribution is -2.10. The van der Waals surface area contributed by atoms with Gasteiger partial charge in [-0.2, -0.15) is 0 Å². The Morgan fingerprint density at radius 2 is 1.62 bits per heavy atom. The summed E-state index contributed by atoms with van der Waals surface area (Å²) in [6, 6.07) is 8.77. The lowest BCUT2D eigenvalue weighted by Gasteiger charge is -2.01. The molecule has 0 unspecified atom stereocenters. The van der Waals surface area contributed by atoms with Crippen molar-refractivity contribution >= 4 is 17.6 Å². The second-order valence-electron chi connectivity index (χ2n) is 3.59. The van der Waals surface area contributed by atoms with Gasteiger partial charge >= 0.3 is 11.9 Å². The molecule has 0 bridgehead atoms. The van der Waals surface area contributed by atoms with E-state index in [0.717, 1.165) is 18.2 Å². The van der Waals surface area contributed by atoms with Gasteiger partial charge in [0.15, 0.2) is 5.56 Å². The number of carboxylic acids is 2. The van der Waals surface area contributed by atoms with Gasteiger partial charge in [-0.15, -0.1) is 0 Å². The molecule has 1 heterocycles. The quantitative estimate of drug-likeness (QED) is 0.653. The Kier molecular flexibility index (Phi) is 5.51. The van der Waals surface area contributed by atoms with Crippen LogP contribution in [-0.2, 0) is 0 Å². The minimum Gasteiger partial charge on any atom is -0.478 e. The zero-order chi connectivity index (χ0) is 15.8. The van der Waals surface area contributed by atoms with E-state index in [1.54, 1.807) is 12.4 Å². The van der Waals surface area contributed by atoms with E-state index in [-0.39, 0.29) is 0 Å². The summed E-state index contributed by atoms with van der Waals surface area (Å²) in [7, 11) is 0. The Balaban J connectivity index is 0.000000304. The van der Waals surface area contributed by atoms with E-state index in [1.807, 2.05) is 18.2 Å². The molecule has 0 amide bonds. The lowest BCUT2D eigenvalue weighted by molar-refractivity contribution is -0.385. The molecular formula is C13H10N2O6. The third-order valence-electron chi connectivity index (χ3n) is 2.25. The SMILES string of the molecule is O=C(O)c1cccc([N+](=O)[O-])c1C(=O)O.c1ccncc1. The minimum atomic E-state index is -1.64. The summed E-state index contributed by atoms with van der Waals surface area (Å²) in [5, 5.41) is 27.8. The molecule has 8 nitrogen and oxygen atoms in total. The summed E-state index contributed by atoms with van der Waals surface area (Å²) in [6.45, 7) is 0. The topological polar surface area (TPSA) is 131 Å². The number of rotatable bonds is 3. The maximum Gasteiger partial charge on any atom is 0.343 e. The highest BCUT2D eigenvalue weighted by Crippen LogP contribution is 2.22. The summed E-state index contributed by atoms with van der Waals surface area (Å²) < 4.78 is 0. The van der Waals surface area contributed by atoms with Crippen molar-refractivity contribution in [3.8, 4) is 0 Å². The van der Waals surface area contributed by atoms with Crippen LogP contribution >= 0.6 is 0 Å². The van der Waals surface area contributed by atoms with Crippen molar-refractivity contribution < 1.29 is 24.7 Å². The normalized spacial score (nSPS) is 9.14. The van der Waals surface area contributed by atoms with Gasteiger partial charge in [0.2, 0.25) is 0 Å². The van der Waals surface area contributed by atoms with Crippen LogP contribution in [0.1, 0.15) is 20.7 Å². The van der Waals surface area contributed by atoms with E-state index < -0.39 is 33.7 Å². The number of aromatic carboxylic acids is 2. The summed E-state index contributed by atoms with van der Waals surface area (Å²) in [6.07, 6.45) is 3.50. The van der Waals surface area contributed by atoms with Crippen LogP contribution in [-0.4, -0.2) is 32.1 Å². The van der Waals surface area contributed by atoms with E-state index in [0.29, 0.717) is 0 Å². The molecule has 0 aliphatic heterocycles. The van der Waals surface area contributed by atoms with Gasteiger partial charge in [-0.25, -0.2) is 9.59 Å².